The van der Waals surface area contributed by atoms with Crippen molar-refractivity contribution < 1.29 is 9.18 Å². The number of carbonyl (C=O) groups is 1. The van der Waals surface area contributed by atoms with Crippen molar-refractivity contribution in [2.75, 3.05) is 11.7 Å². The van der Waals surface area contributed by atoms with Gasteiger partial charge in [-0.25, -0.2) is 4.39 Å². The highest BCUT2D eigenvalue weighted by molar-refractivity contribution is 7.99. The van der Waals surface area contributed by atoms with E-state index in [2.05, 4.69) is 4.98 Å². The van der Waals surface area contributed by atoms with Crippen LogP contribution in [0.5, 0.6) is 0 Å². The van der Waals surface area contributed by atoms with Crippen LogP contribution in [0.4, 0.5) is 10.1 Å². The molecule has 1 unspecified atom stereocenters. The van der Waals surface area contributed by atoms with Gasteiger partial charge in [-0.05, 0) is 18.6 Å². The summed E-state index contributed by atoms with van der Waals surface area (Å²) in [6.07, 6.45) is 3.45. The van der Waals surface area contributed by atoms with Crippen LogP contribution in [-0.2, 0) is 4.79 Å². The number of halogens is 1. The Morgan fingerprint density at radius 2 is 2.40 bits per heavy atom. The molecule has 0 fully saturated rings. The van der Waals surface area contributed by atoms with E-state index in [1.54, 1.807) is 12.3 Å². The lowest BCUT2D eigenvalue weighted by atomic mass is 10.1. The first kappa shape index (κ1) is 12.0. The van der Waals surface area contributed by atoms with Crippen LogP contribution in [0.1, 0.15) is 24.2 Å². The van der Waals surface area contributed by atoms with Gasteiger partial charge in [0.2, 0.25) is 0 Å². The van der Waals surface area contributed by atoms with Crippen molar-refractivity contribution in [3.63, 3.8) is 0 Å². The number of hydrogen-bond donors (Lipinski definition) is 1. The summed E-state index contributed by atoms with van der Waals surface area (Å²) in [5.41, 5.74) is 6.90. The summed E-state index contributed by atoms with van der Waals surface area (Å²) in [6, 6.07) is 1.20. The Balaban J connectivity index is 2.83. The lowest BCUT2D eigenvalue weighted by molar-refractivity contribution is -0.117. The largest absolute Gasteiger partial charge is 0.397 e. The molecule has 1 aromatic heterocycles. The summed E-state index contributed by atoms with van der Waals surface area (Å²) in [4.78, 5) is 14.9. The summed E-state index contributed by atoms with van der Waals surface area (Å²) in [5.74, 6) is 0.0309. The number of pyridine rings is 1. The van der Waals surface area contributed by atoms with E-state index in [1.165, 1.54) is 13.1 Å². The van der Waals surface area contributed by atoms with E-state index < -0.39 is 6.01 Å². The SMILES string of the molecule is CC(=O)CC(SCF)c1cncc(N)c1. The predicted molar refractivity (Wildman–Crippen MR) is 60.3 cm³/mol. The molecule has 0 radical (unpaired) electrons. The monoisotopic (exact) mass is 228 g/mol. The standard InChI is InChI=1S/C10H13FN2OS/c1-7(14)2-10(15-6-11)8-3-9(12)5-13-4-8/h3-5,10H,2,6,12H2,1H3. The van der Waals surface area contributed by atoms with Crippen molar-refractivity contribution in [2.45, 2.75) is 18.6 Å². The molecule has 0 spiro atoms. The molecule has 1 heterocycles. The van der Waals surface area contributed by atoms with E-state index in [4.69, 9.17) is 5.73 Å². The molecular weight excluding hydrogens is 215 g/mol. The molecule has 0 aliphatic rings. The van der Waals surface area contributed by atoms with Gasteiger partial charge in [-0.2, -0.15) is 0 Å². The van der Waals surface area contributed by atoms with E-state index in [0.29, 0.717) is 12.1 Å². The fraction of sp³-hybridized carbons (Fsp3) is 0.400. The normalized spacial score (nSPS) is 12.4. The summed E-state index contributed by atoms with van der Waals surface area (Å²) in [5, 5.41) is -0.191. The maximum absolute atomic E-state index is 12.3. The zero-order chi connectivity index (χ0) is 11.3. The van der Waals surface area contributed by atoms with E-state index in [1.807, 2.05) is 0 Å². The number of nitrogens with zero attached hydrogens (tertiary/aromatic N) is 1. The Morgan fingerprint density at radius 3 is 2.93 bits per heavy atom. The molecule has 5 heteroatoms. The summed E-state index contributed by atoms with van der Waals surface area (Å²) in [6.45, 7) is 1.49. The molecule has 0 saturated carbocycles. The molecule has 1 atom stereocenters. The molecule has 0 saturated heterocycles. The Labute approximate surface area is 92.3 Å². The molecular formula is C10H13FN2OS. The smallest absolute Gasteiger partial charge is 0.136 e. The van der Waals surface area contributed by atoms with Crippen molar-refractivity contribution in [3.05, 3.63) is 24.0 Å². The van der Waals surface area contributed by atoms with Gasteiger partial charge in [0, 0.05) is 24.1 Å². The van der Waals surface area contributed by atoms with Crippen LogP contribution in [0.15, 0.2) is 18.5 Å². The average molecular weight is 228 g/mol. The molecule has 0 amide bonds. The minimum absolute atomic E-state index is 0.0309. The first-order valence-electron chi connectivity index (χ1n) is 4.51. The Bertz CT molecular complexity index is 346. The molecule has 15 heavy (non-hydrogen) atoms. The van der Waals surface area contributed by atoms with Crippen LogP contribution >= 0.6 is 11.8 Å². The second-order valence-electron chi connectivity index (χ2n) is 3.22. The molecule has 0 aliphatic heterocycles. The zero-order valence-electron chi connectivity index (χ0n) is 8.44. The van der Waals surface area contributed by atoms with E-state index >= 15 is 0 Å². The summed E-state index contributed by atoms with van der Waals surface area (Å²) in [7, 11) is 0. The first-order chi connectivity index (χ1) is 7.13. The minimum Gasteiger partial charge on any atom is -0.397 e. The first-order valence-corrected chi connectivity index (χ1v) is 5.55. The number of ketones is 1. The zero-order valence-corrected chi connectivity index (χ0v) is 9.26. The summed E-state index contributed by atoms with van der Waals surface area (Å²) >= 11 is 1.08. The number of hydrogen-bond acceptors (Lipinski definition) is 4. The van der Waals surface area contributed by atoms with E-state index in [9.17, 15) is 9.18 Å². The second kappa shape index (κ2) is 5.70. The van der Waals surface area contributed by atoms with Crippen molar-refractivity contribution in [3.8, 4) is 0 Å². The van der Waals surface area contributed by atoms with Gasteiger partial charge in [0.05, 0.1) is 5.69 Å². The molecule has 0 bridgehead atoms. The number of aromatic nitrogens is 1. The average Bonchev–Trinajstić information content (AvgIpc) is 2.16. The quantitative estimate of drug-likeness (QED) is 0.840. The second-order valence-corrected chi connectivity index (χ2v) is 4.34. The number of nitrogen functional groups attached to an aromatic ring is 1. The molecule has 0 aromatic carbocycles. The van der Waals surface area contributed by atoms with Gasteiger partial charge >= 0.3 is 0 Å². The molecule has 2 N–H and O–H groups in total. The van der Waals surface area contributed by atoms with Gasteiger partial charge in [0.1, 0.15) is 11.8 Å². The van der Waals surface area contributed by atoms with E-state index in [-0.39, 0.29) is 11.0 Å². The topological polar surface area (TPSA) is 56.0 Å². The van der Waals surface area contributed by atoms with Crippen molar-refractivity contribution >= 4 is 23.2 Å². The highest BCUT2D eigenvalue weighted by Crippen LogP contribution is 2.32. The molecule has 3 nitrogen and oxygen atoms in total. The van der Waals surface area contributed by atoms with Gasteiger partial charge in [-0.15, -0.1) is 11.8 Å². The van der Waals surface area contributed by atoms with Crippen LogP contribution < -0.4 is 5.73 Å². The predicted octanol–water partition coefficient (Wildman–Crippen LogP) is 2.34. The van der Waals surface area contributed by atoms with Crippen molar-refractivity contribution in [2.24, 2.45) is 0 Å². The maximum atomic E-state index is 12.3. The van der Waals surface area contributed by atoms with Crippen molar-refractivity contribution in [1.82, 2.24) is 4.98 Å². The number of carbonyl (C=O) groups excluding carboxylic acids is 1. The third-order valence-electron chi connectivity index (χ3n) is 1.89. The van der Waals surface area contributed by atoms with Gasteiger partial charge in [-0.1, -0.05) is 0 Å². The van der Waals surface area contributed by atoms with Crippen LogP contribution in [0.2, 0.25) is 0 Å². The third-order valence-corrected chi connectivity index (χ3v) is 2.86. The van der Waals surface area contributed by atoms with Gasteiger partial charge in [0.25, 0.3) is 0 Å². The minimum atomic E-state index is -0.521. The maximum Gasteiger partial charge on any atom is 0.136 e. The summed E-state index contributed by atoms with van der Waals surface area (Å²) < 4.78 is 12.3. The lowest BCUT2D eigenvalue weighted by Crippen LogP contribution is -2.02. The van der Waals surface area contributed by atoms with Gasteiger partial charge < -0.3 is 5.73 Å². The van der Waals surface area contributed by atoms with Gasteiger partial charge in [-0.3, -0.25) is 9.78 Å². The molecule has 1 rings (SSSR count). The number of anilines is 1. The fourth-order valence-corrected chi connectivity index (χ4v) is 2.09. The third kappa shape index (κ3) is 3.87. The van der Waals surface area contributed by atoms with Crippen LogP contribution in [0.3, 0.4) is 0 Å². The highest BCUT2D eigenvalue weighted by atomic mass is 32.2. The number of rotatable bonds is 5. The lowest BCUT2D eigenvalue weighted by Gasteiger charge is -2.13. The number of alkyl halides is 1. The van der Waals surface area contributed by atoms with Crippen molar-refractivity contribution in [1.29, 1.82) is 0 Å². The highest BCUT2D eigenvalue weighted by Gasteiger charge is 2.14. The van der Waals surface area contributed by atoms with Crippen LogP contribution in [-0.4, -0.2) is 16.8 Å². The molecule has 82 valence electrons. The Kier molecular flexibility index (Phi) is 4.55. The number of nitrogens with two attached hydrogens (primary N) is 1. The van der Waals surface area contributed by atoms with Gasteiger partial charge in [0.15, 0.2) is 0 Å². The van der Waals surface area contributed by atoms with E-state index in [0.717, 1.165) is 17.3 Å². The molecule has 0 aliphatic carbocycles. The van der Waals surface area contributed by atoms with Crippen LogP contribution in [0, 0.1) is 0 Å². The molecule has 1 aromatic rings. The number of thioether (sulfide) groups is 1. The fourth-order valence-electron chi connectivity index (χ4n) is 1.26. The Hall–Kier alpha value is -1.10. The van der Waals surface area contributed by atoms with Crippen LogP contribution in [0.25, 0.3) is 0 Å². The number of Topliss-reactive ketones (excluding diaryl/α,β-unsaturated/α-hetero) is 1. The Morgan fingerprint density at radius 1 is 1.67 bits per heavy atom.